The molecule has 0 amide bonds. The van der Waals surface area contributed by atoms with Crippen LogP contribution in [0.5, 0.6) is 17.2 Å². The Morgan fingerprint density at radius 2 is 1.04 bits per heavy atom. The number of nitrogens with zero attached hydrogens (tertiary/aromatic N) is 9. The number of aromatic hydroxyl groups is 1. The Bertz CT molecular complexity index is 1200. The van der Waals surface area contributed by atoms with Crippen LogP contribution in [0.3, 0.4) is 0 Å². The van der Waals surface area contributed by atoms with Gasteiger partial charge in [0.25, 0.3) is 0 Å². The van der Waals surface area contributed by atoms with Gasteiger partial charge in [-0.2, -0.15) is 0 Å². The summed E-state index contributed by atoms with van der Waals surface area (Å²) in [5.74, 6) is 3.74. The van der Waals surface area contributed by atoms with Gasteiger partial charge in [0.2, 0.25) is 16.5 Å². The maximum atomic E-state index is 8.91. The lowest BCUT2D eigenvalue weighted by Gasteiger charge is -2.34. The standard InChI is InChI=1S/C13H22N4O3.C7H9ClN2O2.C6H14N2O.C4H3ClN2O.CH3Br/c18-7-1-9-20-12-10-14-13(15-11-12)17-4-2-16(3-5-17)6-8-19;8-7-9-4-6(5-10-7)12-3-1-2-11;9-6-5-8-3-1-7-2-4-8;5-4-6-1-3(8)2-7-4;1-2/h10-11,18-19H,1-9H2;4-5,11H,1-3H2;7,9H,1-6H2;1-2,8H;1H3. The first-order chi connectivity index (χ1) is 24.9. The molecule has 5 heterocycles. The third-order valence-corrected chi connectivity index (χ3v) is 7.05. The summed E-state index contributed by atoms with van der Waals surface area (Å²) < 4.78 is 10.6. The van der Waals surface area contributed by atoms with Gasteiger partial charge >= 0.3 is 0 Å². The fourth-order valence-corrected chi connectivity index (χ4v) is 4.32. The van der Waals surface area contributed by atoms with Crippen molar-refractivity contribution in [3.8, 4) is 17.2 Å². The van der Waals surface area contributed by atoms with Crippen molar-refractivity contribution in [1.82, 2.24) is 45.0 Å². The van der Waals surface area contributed by atoms with Crippen molar-refractivity contribution >= 4 is 45.1 Å². The molecule has 0 radical (unpaired) electrons. The predicted octanol–water partition coefficient (Wildman–Crippen LogP) is 0.974. The Labute approximate surface area is 317 Å². The Hall–Kier alpha value is -2.78. The van der Waals surface area contributed by atoms with Gasteiger partial charge in [-0.1, -0.05) is 15.9 Å². The summed E-state index contributed by atoms with van der Waals surface area (Å²) in [6.07, 6.45) is 9.99. The number of hydrogen-bond donors (Lipinski definition) is 6. The predicted molar refractivity (Wildman–Crippen MR) is 199 cm³/mol. The molecule has 51 heavy (non-hydrogen) atoms. The number of nitrogens with one attached hydrogen (secondary N) is 1. The second kappa shape index (κ2) is 30.8. The van der Waals surface area contributed by atoms with Crippen molar-refractivity contribution in [3.63, 3.8) is 0 Å². The fourth-order valence-electron chi connectivity index (χ4n) is 4.13. The van der Waals surface area contributed by atoms with Crippen LogP contribution >= 0.6 is 39.1 Å². The summed E-state index contributed by atoms with van der Waals surface area (Å²) in [7, 11) is 0. The number of hydrogen-bond acceptors (Lipinski definition) is 17. The molecule has 0 spiro atoms. The maximum absolute atomic E-state index is 8.91. The van der Waals surface area contributed by atoms with Gasteiger partial charge in [0, 0.05) is 91.5 Å². The van der Waals surface area contributed by atoms with Crippen molar-refractivity contribution in [2.45, 2.75) is 12.8 Å². The van der Waals surface area contributed by atoms with E-state index in [0.717, 1.165) is 65.4 Å². The van der Waals surface area contributed by atoms with Crippen LogP contribution in [0.2, 0.25) is 10.6 Å². The maximum Gasteiger partial charge on any atom is 0.225 e. The van der Waals surface area contributed by atoms with E-state index in [4.69, 9.17) is 58.2 Å². The number of aromatic nitrogens is 6. The lowest BCUT2D eigenvalue weighted by Crippen LogP contribution is -2.47. The summed E-state index contributed by atoms with van der Waals surface area (Å²) in [6.45, 7) is 11.1. The van der Waals surface area contributed by atoms with E-state index in [1.807, 2.05) is 5.83 Å². The summed E-state index contributed by atoms with van der Waals surface area (Å²) in [5.41, 5.74) is 0. The molecule has 3 aromatic rings. The highest BCUT2D eigenvalue weighted by molar-refractivity contribution is 9.08. The van der Waals surface area contributed by atoms with Crippen molar-refractivity contribution in [2.75, 3.05) is 116 Å². The van der Waals surface area contributed by atoms with Crippen LogP contribution in [-0.2, 0) is 0 Å². The van der Waals surface area contributed by atoms with Crippen LogP contribution in [-0.4, -0.2) is 176 Å². The Balaban J connectivity index is 0.000000358. The van der Waals surface area contributed by atoms with Crippen LogP contribution in [0.15, 0.2) is 37.2 Å². The van der Waals surface area contributed by atoms with Crippen molar-refractivity contribution in [2.24, 2.45) is 0 Å². The van der Waals surface area contributed by atoms with Gasteiger partial charge in [0.1, 0.15) is 0 Å². The Morgan fingerprint density at radius 1 is 0.627 bits per heavy atom. The van der Waals surface area contributed by atoms with Crippen molar-refractivity contribution < 1.29 is 35.0 Å². The molecule has 0 atom stereocenters. The number of rotatable bonds is 13. The molecule has 0 unspecified atom stereocenters. The first-order valence-electron chi connectivity index (χ1n) is 16.3. The smallest absolute Gasteiger partial charge is 0.225 e. The number of halogens is 3. The summed E-state index contributed by atoms with van der Waals surface area (Å²) in [4.78, 5) is 29.7. The number of β-amino-alcohol motifs (C(OH)–C–C–N with tert-alkyl or cyclic N) is 2. The zero-order valence-corrected chi connectivity index (χ0v) is 32.0. The number of piperazine rings is 2. The van der Waals surface area contributed by atoms with Crippen LogP contribution < -0.4 is 19.7 Å². The van der Waals surface area contributed by atoms with Gasteiger partial charge in [-0.05, 0) is 29.0 Å². The molecule has 2 saturated heterocycles. The molecule has 2 aliphatic heterocycles. The molecule has 6 N–H and O–H groups in total. The average Bonchev–Trinajstić information content (AvgIpc) is 3.17. The normalized spacial score (nSPS) is 14.2. The molecule has 0 bridgehead atoms. The monoisotopic (exact) mass is 824 g/mol. The fraction of sp³-hybridized carbons (Fsp3) is 0.613. The first kappa shape index (κ1) is 46.2. The topological polar surface area (TPSA) is 219 Å². The number of aliphatic hydroxyl groups excluding tert-OH is 4. The Morgan fingerprint density at radius 3 is 1.45 bits per heavy atom. The highest BCUT2D eigenvalue weighted by atomic mass is 79.9. The molecule has 5 rings (SSSR count). The highest BCUT2D eigenvalue weighted by Gasteiger charge is 2.18. The molecular weight excluding hydrogens is 775 g/mol. The second-order valence-corrected chi connectivity index (χ2v) is 11.0. The van der Waals surface area contributed by atoms with E-state index in [1.165, 1.54) is 24.8 Å². The first-order valence-corrected chi connectivity index (χ1v) is 18.7. The van der Waals surface area contributed by atoms with Crippen LogP contribution in [0.1, 0.15) is 12.8 Å². The van der Waals surface area contributed by atoms with Crippen LogP contribution in [0.4, 0.5) is 5.95 Å². The molecular formula is C31H51BrCl2N10O7. The van der Waals surface area contributed by atoms with E-state index in [1.54, 1.807) is 12.4 Å². The molecule has 20 heteroatoms. The van der Waals surface area contributed by atoms with Crippen molar-refractivity contribution in [1.29, 1.82) is 0 Å². The van der Waals surface area contributed by atoms with Gasteiger partial charge in [0.05, 0.1) is 63.6 Å². The van der Waals surface area contributed by atoms with E-state index in [-0.39, 0.29) is 36.1 Å². The highest BCUT2D eigenvalue weighted by Crippen LogP contribution is 2.14. The number of alkyl halides is 1. The molecule has 17 nitrogen and oxygen atoms in total. The molecule has 288 valence electrons. The van der Waals surface area contributed by atoms with Gasteiger partial charge < -0.3 is 45.2 Å². The zero-order valence-electron chi connectivity index (χ0n) is 28.9. The Kier molecular flexibility index (Phi) is 27.9. The van der Waals surface area contributed by atoms with E-state index < -0.39 is 0 Å². The van der Waals surface area contributed by atoms with E-state index in [0.29, 0.717) is 50.1 Å². The van der Waals surface area contributed by atoms with E-state index in [9.17, 15) is 0 Å². The van der Waals surface area contributed by atoms with Gasteiger partial charge in [-0.25, -0.2) is 29.9 Å². The lowest BCUT2D eigenvalue weighted by molar-refractivity contribution is 0.180. The van der Waals surface area contributed by atoms with E-state index in [2.05, 4.69) is 65.9 Å². The van der Waals surface area contributed by atoms with Crippen molar-refractivity contribution in [3.05, 3.63) is 47.7 Å². The van der Waals surface area contributed by atoms with E-state index >= 15 is 0 Å². The minimum atomic E-state index is 0.0226. The molecule has 3 aromatic heterocycles. The zero-order chi connectivity index (χ0) is 37.5. The molecule has 0 saturated carbocycles. The minimum absolute atomic E-state index is 0.0226. The van der Waals surface area contributed by atoms with Gasteiger partial charge in [-0.15, -0.1) is 0 Å². The number of ether oxygens (including phenoxy) is 2. The quantitative estimate of drug-likeness (QED) is 0.0804. The van der Waals surface area contributed by atoms with Gasteiger partial charge in [0.15, 0.2) is 17.2 Å². The number of anilines is 1. The third kappa shape index (κ3) is 22.7. The number of aliphatic hydroxyl groups is 4. The summed E-state index contributed by atoms with van der Waals surface area (Å²) >= 11 is 13.7. The lowest BCUT2D eigenvalue weighted by atomic mass is 10.3. The van der Waals surface area contributed by atoms with Crippen LogP contribution in [0, 0.1) is 0 Å². The third-order valence-electron chi connectivity index (χ3n) is 6.66. The second-order valence-electron chi connectivity index (χ2n) is 10.3. The molecule has 0 aliphatic carbocycles. The molecule has 0 aromatic carbocycles. The summed E-state index contributed by atoms with van der Waals surface area (Å²) in [5, 5.41) is 46.8. The average molecular weight is 827 g/mol. The van der Waals surface area contributed by atoms with Gasteiger partial charge in [-0.3, -0.25) is 9.80 Å². The SMILES string of the molecule is CBr.OCCCOc1cnc(Cl)nc1.OCCCOc1cnc(N2CCN(CCO)CC2)nc1.OCCN1CCNCC1.Oc1cnc(Cl)nc1. The van der Waals surface area contributed by atoms with Crippen LogP contribution in [0.25, 0.3) is 0 Å². The largest absolute Gasteiger partial charge is 0.505 e. The minimum Gasteiger partial charge on any atom is -0.505 e. The molecule has 2 fully saturated rings. The molecule has 2 aliphatic rings. The summed E-state index contributed by atoms with van der Waals surface area (Å²) in [6, 6.07) is 0.